The van der Waals surface area contributed by atoms with E-state index >= 15 is 0 Å². The third-order valence-corrected chi connectivity index (χ3v) is 3.43. The summed E-state index contributed by atoms with van der Waals surface area (Å²) in [5.41, 5.74) is 5.58. The second kappa shape index (κ2) is 4.56. The van der Waals surface area contributed by atoms with Gasteiger partial charge in [-0.15, -0.1) is 0 Å². The highest BCUT2D eigenvalue weighted by molar-refractivity contribution is 5.83. The number of nitrogens with zero attached hydrogens (tertiary/aromatic N) is 1. The summed E-state index contributed by atoms with van der Waals surface area (Å²) in [7, 11) is 0. The molecule has 2 aromatic heterocycles. The molecule has 0 amide bonds. The molecule has 1 aliphatic rings. The molecule has 2 aromatic rings. The number of aliphatic hydroxyl groups is 3. The summed E-state index contributed by atoms with van der Waals surface area (Å²) in [6.45, 7) is -0.427. The largest absolute Gasteiger partial charge is 0.394 e. The number of nitrogens with two attached hydrogens (primary N) is 1. The van der Waals surface area contributed by atoms with Gasteiger partial charge in [0.05, 0.1) is 12.3 Å². The lowest BCUT2D eigenvalue weighted by molar-refractivity contribution is -0.0235. The molecule has 0 radical (unpaired) electrons. The van der Waals surface area contributed by atoms with Gasteiger partial charge >= 0.3 is 0 Å². The molecule has 0 aliphatic carbocycles. The number of fused-ring (bicyclic) bond motifs is 1. The number of anilines is 1. The Morgan fingerprint density at radius 2 is 2.15 bits per heavy atom. The Labute approximate surface area is 112 Å². The number of nitrogens with one attached hydrogen (secondary N) is 2. The highest BCUT2D eigenvalue weighted by Gasteiger charge is 2.44. The van der Waals surface area contributed by atoms with E-state index in [0.717, 1.165) is 0 Å². The predicted octanol–water partition coefficient (Wildman–Crippen LogP) is -2.01. The summed E-state index contributed by atoms with van der Waals surface area (Å²) >= 11 is 0. The van der Waals surface area contributed by atoms with Gasteiger partial charge in [0.1, 0.15) is 30.2 Å². The molecular formula is C11H14N4O5. The lowest BCUT2D eigenvalue weighted by atomic mass is 10.0. The Balaban J connectivity index is 2.09. The van der Waals surface area contributed by atoms with Crippen LogP contribution in [0.25, 0.3) is 10.9 Å². The molecule has 0 spiro atoms. The molecule has 0 saturated carbocycles. The van der Waals surface area contributed by atoms with Gasteiger partial charge in [-0.05, 0) is 6.07 Å². The molecule has 0 unspecified atom stereocenters. The van der Waals surface area contributed by atoms with Crippen LogP contribution in [0, 0.1) is 0 Å². The first kappa shape index (κ1) is 13.1. The molecule has 20 heavy (non-hydrogen) atoms. The second-order valence-electron chi connectivity index (χ2n) is 4.71. The summed E-state index contributed by atoms with van der Waals surface area (Å²) in [6.07, 6.45) is -4.28. The molecule has 3 rings (SSSR count). The normalized spacial score (nSPS) is 30.1. The fourth-order valence-corrected chi connectivity index (χ4v) is 2.42. The van der Waals surface area contributed by atoms with Crippen molar-refractivity contribution in [3.8, 4) is 0 Å². The Bertz CT molecular complexity index is 696. The maximum absolute atomic E-state index is 11.7. The fraction of sp³-hybridized carbons (Fsp3) is 0.455. The first-order valence-electron chi connectivity index (χ1n) is 6.02. The molecule has 0 bridgehead atoms. The summed E-state index contributed by atoms with van der Waals surface area (Å²) in [5.74, 6) is 0.150. The van der Waals surface area contributed by atoms with Crippen LogP contribution in [0.15, 0.2) is 10.9 Å². The predicted molar refractivity (Wildman–Crippen MR) is 67.8 cm³/mol. The number of ether oxygens (including phenoxy) is 1. The number of aromatic nitrogens is 3. The van der Waals surface area contributed by atoms with E-state index in [4.69, 9.17) is 15.6 Å². The van der Waals surface area contributed by atoms with Crippen molar-refractivity contribution >= 4 is 16.7 Å². The summed E-state index contributed by atoms with van der Waals surface area (Å²) in [4.78, 5) is 14.1. The van der Waals surface area contributed by atoms with E-state index in [1.54, 1.807) is 0 Å². The number of aromatic amines is 2. The molecule has 9 heteroatoms. The average Bonchev–Trinajstić information content (AvgIpc) is 2.93. The van der Waals surface area contributed by atoms with Gasteiger partial charge in [0.2, 0.25) is 0 Å². The molecule has 4 atom stereocenters. The number of pyridine rings is 1. The monoisotopic (exact) mass is 282 g/mol. The van der Waals surface area contributed by atoms with Gasteiger partial charge in [0.25, 0.3) is 5.56 Å². The van der Waals surface area contributed by atoms with Crippen LogP contribution in [0.1, 0.15) is 11.8 Å². The smallest absolute Gasteiger partial charge is 0.277 e. The summed E-state index contributed by atoms with van der Waals surface area (Å²) in [5, 5.41) is 35.7. The van der Waals surface area contributed by atoms with E-state index < -0.39 is 36.6 Å². The standard InChI is InChI=1S/C11H14N4O5/c12-5-1-3-6(14-15-7(3)11(19)13-5)10-9(18)8(17)4(2-16)20-10/h1,4,8-10,16-18H,2H2,(H,14,15)(H3,12,13,19)/t4-,8-,9-,10+/m1/s1. The highest BCUT2D eigenvalue weighted by Crippen LogP contribution is 2.35. The lowest BCUT2D eigenvalue weighted by Gasteiger charge is -2.13. The minimum Gasteiger partial charge on any atom is -0.394 e. The van der Waals surface area contributed by atoms with Crippen LogP contribution in [0.5, 0.6) is 0 Å². The van der Waals surface area contributed by atoms with Crippen LogP contribution >= 0.6 is 0 Å². The van der Waals surface area contributed by atoms with Crippen molar-refractivity contribution in [2.45, 2.75) is 24.4 Å². The number of hydrogen-bond donors (Lipinski definition) is 6. The van der Waals surface area contributed by atoms with Crippen LogP contribution in [0.4, 0.5) is 5.82 Å². The van der Waals surface area contributed by atoms with Crippen molar-refractivity contribution in [2.75, 3.05) is 12.3 Å². The van der Waals surface area contributed by atoms with Gasteiger partial charge in [-0.25, -0.2) is 0 Å². The highest BCUT2D eigenvalue weighted by atomic mass is 16.6. The number of hydrogen-bond acceptors (Lipinski definition) is 7. The van der Waals surface area contributed by atoms with E-state index in [-0.39, 0.29) is 11.3 Å². The van der Waals surface area contributed by atoms with Crippen molar-refractivity contribution in [3.63, 3.8) is 0 Å². The van der Waals surface area contributed by atoms with Crippen LogP contribution in [-0.2, 0) is 4.74 Å². The Kier molecular flexibility index (Phi) is 2.98. The fourth-order valence-electron chi connectivity index (χ4n) is 2.42. The van der Waals surface area contributed by atoms with E-state index in [9.17, 15) is 15.0 Å². The zero-order valence-corrected chi connectivity index (χ0v) is 10.3. The van der Waals surface area contributed by atoms with Crippen LogP contribution < -0.4 is 11.3 Å². The quantitative estimate of drug-likeness (QED) is 0.371. The third-order valence-electron chi connectivity index (χ3n) is 3.43. The Morgan fingerprint density at radius 1 is 1.40 bits per heavy atom. The van der Waals surface area contributed by atoms with E-state index in [0.29, 0.717) is 11.1 Å². The van der Waals surface area contributed by atoms with Gasteiger partial charge in [-0.3, -0.25) is 9.89 Å². The van der Waals surface area contributed by atoms with Gasteiger partial charge in [0, 0.05) is 5.39 Å². The van der Waals surface area contributed by atoms with Crippen molar-refractivity contribution in [1.82, 2.24) is 15.2 Å². The number of aliphatic hydroxyl groups excluding tert-OH is 3. The third kappa shape index (κ3) is 1.79. The van der Waals surface area contributed by atoms with Crippen molar-refractivity contribution in [3.05, 3.63) is 22.1 Å². The lowest BCUT2D eigenvalue weighted by Crippen LogP contribution is -2.32. The maximum Gasteiger partial charge on any atom is 0.277 e. The van der Waals surface area contributed by atoms with Crippen molar-refractivity contribution < 1.29 is 20.1 Å². The maximum atomic E-state index is 11.7. The van der Waals surface area contributed by atoms with E-state index in [1.165, 1.54) is 6.07 Å². The van der Waals surface area contributed by atoms with Gasteiger partial charge in [0.15, 0.2) is 5.52 Å². The minimum absolute atomic E-state index is 0.131. The van der Waals surface area contributed by atoms with Gasteiger partial charge in [-0.1, -0.05) is 0 Å². The van der Waals surface area contributed by atoms with E-state index in [1.807, 2.05) is 0 Å². The summed E-state index contributed by atoms with van der Waals surface area (Å²) in [6, 6.07) is 1.49. The molecule has 7 N–H and O–H groups in total. The zero-order valence-electron chi connectivity index (χ0n) is 10.3. The molecule has 0 aromatic carbocycles. The second-order valence-corrected chi connectivity index (χ2v) is 4.71. The van der Waals surface area contributed by atoms with Crippen LogP contribution in [0.3, 0.4) is 0 Å². The molecule has 1 saturated heterocycles. The van der Waals surface area contributed by atoms with Crippen molar-refractivity contribution in [2.24, 2.45) is 0 Å². The SMILES string of the molecule is Nc1cc2c([C@@H]3O[C@H](CO)[C@@H](O)[C@H]3O)[nH]nc2c(=O)[nH]1. The molecular weight excluding hydrogens is 268 g/mol. The van der Waals surface area contributed by atoms with Crippen molar-refractivity contribution in [1.29, 1.82) is 0 Å². The zero-order chi connectivity index (χ0) is 14.4. The number of nitrogen functional groups attached to an aromatic ring is 1. The molecule has 1 fully saturated rings. The Hall–Kier alpha value is -1.94. The van der Waals surface area contributed by atoms with Gasteiger partial charge < -0.3 is 30.8 Å². The first-order valence-corrected chi connectivity index (χ1v) is 6.02. The average molecular weight is 282 g/mol. The topological polar surface area (TPSA) is 157 Å². The number of H-pyrrole nitrogens is 2. The molecule has 9 nitrogen and oxygen atoms in total. The molecule has 3 heterocycles. The number of rotatable bonds is 2. The summed E-state index contributed by atoms with van der Waals surface area (Å²) < 4.78 is 5.39. The first-order chi connectivity index (χ1) is 9.52. The van der Waals surface area contributed by atoms with Crippen LogP contribution in [-0.4, -0.2) is 55.4 Å². The van der Waals surface area contributed by atoms with Crippen LogP contribution in [0.2, 0.25) is 0 Å². The van der Waals surface area contributed by atoms with Gasteiger partial charge in [-0.2, -0.15) is 5.10 Å². The molecule has 1 aliphatic heterocycles. The Morgan fingerprint density at radius 3 is 2.80 bits per heavy atom. The minimum atomic E-state index is -1.24. The molecule has 108 valence electrons. The van der Waals surface area contributed by atoms with E-state index in [2.05, 4.69) is 15.2 Å².